The highest BCUT2D eigenvalue weighted by molar-refractivity contribution is 5.83. The summed E-state index contributed by atoms with van der Waals surface area (Å²) in [5.74, 6) is 0.166. The minimum absolute atomic E-state index is 0.0836. The van der Waals surface area contributed by atoms with E-state index in [2.05, 4.69) is 15.2 Å². The molecule has 10 nitrogen and oxygen atoms in total. The van der Waals surface area contributed by atoms with E-state index >= 15 is 0 Å². The lowest BCUT2D eigenvalue weighted by atomic mass is 9.69. The third-order valence-corrected chi connectivity index (χ3v) is 8.22. The van der Waals surface area contributed by atoms with Crippen molar-refractivity contribution >= 4 is 16.9 Å². The van der Waals surface area contributed by atoms with Crippen LogP contribution in [0, 0.1) is 5.41 Å². The normalized spacial score (nSPS) is 18.4. The number of halogens is 2. The number of benzene rings is 1. The molecule has 3 aromatic heterocycles. The molecule has 204 valence electrons. The lowest BCUT2D eigenvalue weighted by molar-refractivity contribution is -0.150. The predicted octanol–water partition coefficient (Wildman–Crippen LogP) is 3.38. The van der Waals surface area contributed by atoms with E-state index in [-0.39, 0.29) is 23.4 Å². The molecular formula is C27H29F2N7O3. The van der Waals surface area contributed by atoms with Crippen molar-refractivity contribution in [1.82, 2.24) is 34.0 Å². The number of likely N-dealkylation sites (tertiary alicyclic amines) is 1. The van der Waals surface area contributed by atoms with Crippen LogP contribution in [0.2, 0.25) is 0 Å². The summed E-state index contributed by atoms with van der Waals surface area (Å²) in [4.78, 5) is 32.4. The molecule has 1 aliphatic carbocycles. The Labute approximate surface area is 222 Å². The van der Waals surface area contributed by atoms with E-state index in [1.165, 1.54) is 34.2 Å². The summed E-state index contributed by atoms with van der Waals surface area (Å²) >= 11 is 0. The number of fused-ring (bicyclic) bond motifs is 1. The van der Waals surface area contributed by atoms with Crippen molar-refractivity contribution in [3.8, 4) is 16.8 Å². The summed E-state index contributed by atoms with van der Waals surface area (Å²) in [6, 6.07) is 7.04. The minimum atomic E-state index is -2.71. The van der Waals surface area contributed by atoms with Gasteiger partial charge in [0.2, 0.25) is 5.91 Å². The number of hydrogen-bond acceptors (Lipinski definition) is 6. The quantitative estimate of drug-likeness (QED) is 0.404. The third-order valence-electron chi connectivity index (χ3n) is 8.22. The van der Waals surface area contributed by atoms with E-state index in [1.807, 2.05) is 11.8 Å². The van der Waals surface area contributed by atoms with Crippen molar-refractivity contribution in [2.24, 2.45) is 5.41 Å². The molecule has 4 aromatic rings. The van der Waals surface area contributed by atoms with Crippen LogP contribution in [-0.2, 0) is 11.3 Å². The molecule has 0 radical (unpaired) electrons. The highest BCUT2D eigenvalue weighted by atomic mass is 19.3. The average molecular weight is 538 g/mol. The van der Waals surface area contributed by atoms with Crippen LogP contribution in [-0.4, -0.2) is 63.7 Å². The fourth-order valence-electron chi connectivity index (χ4n) is 5.54. The standard InChI is InChI=1S/C27H29F2N7O3/c1-26(7-2-8-26)24(38)33-11-9-27(39,10-12-33)16-34-17-30-22-21(23(34)37)14-32-36(22)20-5-3-18(4-6-20)19-13-31-35(15-19)25(28)29/h3-6,13-15,17,25,39H,2,7-12,16H2,1H3. The molecule has 0 bridgehead atoms. The number of rotatable bonds is 6. The first-order valence-electron chi connectivity index (χ1n) is 13.0. The molecule has 0 unspecified atom stereocenters. The number of piperidine rings is 1. The van der Waals surface area contributed by atoms with Crippen LogP contribution in [0.25, 0.3) is 27.8 Å². The molecule has 0 atom stereocenters. The van der Waals surface area contributed by atoms with Crippen molar-refractivity contribution in [1.29, 1.82) is 0 Å². The molecule has 1 saturated carbocycles. The van der Waals surface area contributed by atoms with Gasteiger partial charge in [-0.2, -0.15) is 19.0 Å². The van der Waals surface area contributed by atoms with Gasteiger partial charge in [0.1, 0.15) is 11.7 Å². The third kappa shape index (κ3) is 4.52. The highest BCUT2D eigenvalue weighted by Gasteiger charge is 2.44. The fraction of sp³-hybridized carbons (Fsp3) is 0.444. The predicted molar refractivity (Wildman–Crippen MR) is 138 cm³/mol. The molecule has 2 fully saturated rings. The van der Waals surface area contributed by atoms with E-state index in [9.17, 15) is 23.5 Å². The van der Waals surface area contributed by atoms with Gasteiger partial charge in [-0.3, -0.25) is 14.2 Å². The van der Waals surface area contributed by atoms with Crippen LogP contribution in [0.5, 0.6) is 0 Å². The Kier molecular flexibility index (Phi) is 6.09. The first-order chi connectivity index (χ1) is 18.7. The van der Waals surface area contributed by atoms with E-state index in [1.54, 1.807) is 24.3 Å². The Bertz CT molecular complexity index is 1580. The summed E-state index contributed by atoms with van der Waals surface area (Å²) in [6.07, 6.45) is 9.21. The Balaban J connectivity index is 1.18. The maximum Gasteiger partial charge on any atom is 0.333 e. The number of hydrogen-bond donors (Lipinski definition) is 1. The van der Waals surface area contributed by atoms with Gasteiger partial charge in [0.15, 0.2) is 5.65 Å². The van der Waals surface area contributed by atoms with E-state index in [0.29, 0.717) is 58.5 Å². The molecule has 1 saturated heterocycles. The molecule has 1 N–H and O–H groups in total. The van der Waals surface area contributed by atoms with Gasteiger partial charge in [0.25, 0.3) is 5.56 Å². The second kappa shape index (κ2) is 9.37. The van der Waals surface area contributed by atoms with Crippen LogP contribution in [0.3, 0.4) is 0 Å². The number of nitrogens with zero attached hydrogens (tertiary/aromatic N) is 7. The summed E-state index contributed by atoms with van der Waals surface area (Å²) in [5.41, 5.74) is 0.598. The topological polar surface area (TPSA) is 111 Å². The zero-order chi connectivity index (χ0) is 27.4. The first kappa shape index (κ1) is 25.4. The molecule has 4 heterocycles. The van der Waals surface area contributed by atoms with E-state index in [4.69, 9.17) is 0 Å². The van der Waals surface area contributed by atoms with Crippen molar-refractivity contribution in [3.63, 3.8) is 0 Å². The minimum Gasteiger partial charge on any atom is -0.388 e. The number of aliphatic hydroxyl groups is 1. The number of aromatic nitrogens is 6. The molecule has 1 amide bonds. The van der Waals surface area contributed by atoms with E-state index < -0.39 is 12.2 Å². The lowest BCUT2D eigenvalue weighted by Crippen LogP contribution is -2.54. The van der Waals surface area contributed by atoms with Gasteiger partial charge in [-0.15, -0.1) is 0 Å². The van der Waals surface area contributed by atoms with Crippen LogP contribution in [0.1, 0.15) is 45.6 Å². The lowest BCUT2D eigenvalue weighted by Gasteiger charge is -2.45. The summed E-state index contributed by atoms with van der Waals surface area (Å²) in [7, 11) is 0. The van der Waals surface area contributed by atoms with Gasteiger partial charge < -0.3 is 10.0 Å². The largest absolute Gasteiger partial charge is 0.388 e. The molecule has 6 rings (SSSR count). The zero-order valence-corrected chi connectivity index (χ0v) is 21.5. The van der Waals surface area contributed by atoms with Crippen molar-refractivity contribution < 1.29 is 18.7 Å². The van der Waals surface area contributed by atoms with E-state index in [0.717, 1.165) is 19.3 Å². The summed E-state index contributed by atoms with van der Waals surface area (Å²) in [6.45, 7) is 0.320. The zero-order valence-electron chi connectivity index (χ0n) is 21.5. The number of carbonyl (C=O) groups excluding carboxylic acids is 1. The highest BCUT2D eigenvalue weighted by Crippen LogP contribution is 2.42. The van der Waals surface area contributed by atoms with Crippen molar-refractivity contribution in [2.75, 3.05) is 13.1 Å². The number of alkyl halides is 2. The Morgan fingerprint density at radius 2 is 1.77 bits per heavy atom. The van der Waals surface area contributed by atoms with Crippen LogP contribution in [0.4, 0.5) is 8.78 Å². The smallest absolute Gasteiger partial charge is 0.333 e. The molecule has 1 aliphatic heterocycles. The summed E-state index contributed by atoms with van der Waals surface area (Å²) in [5, 5.41) is 19.6. The second-order valence-electron chi connectivity index (χ2n) is 10.9. The number of amides is 1. The Hall–Kier alpha value is -3.93. The SMILES string of the molecule is CC1(C(=O)N2CCC(O)(Cn3cnc4c(cnn4-c4ccc(-c5cnn(C(F)F)c5)cc4)c3=O)CC2)CCC1. The van der Waals surface area contributed by atoms with Crippen LogP contribution < -0.4 is 5.56 Å². The van der Waals surface area contributed by atoms with Gasteiger partial charge in [-0.05, 0) is 43.4 Å². The summed E-state index contributed by atoms with van der Waals surface area (Å²) < 4.78 is 29.2. The van der Waals surface area contributed by atoms with Crippen molar-refractivity contribution in [2.45, 2.75) is 57.7 Å². The Morgan fingerprint density at radius 1 is 1.05 bits per heavy atom. The van der Waals surface area contributed by atoms with Crippen LogP contribution >= 0.6 is 0 Å². The van der Waals surface area contributed by atoms with Crippen molar-refractivity contribution in [3.05, 3.63) is 59.5 Å². The number of carbonyl (C=O) groups is 1. The molecule has 0 spiro atoms. The molecular weight excluding hydrogens is 508 g/mol. The van der Waals surface area contributed by atoms with Gasteiger partial charge in [-0.1, -0.05) is 25.5 Å². The fourth-order valence-corrected chi connectivity index (χ4v) is 5.54. The molecule has 39 heavy (non-hydrogen) atoms. The van der Waals surface area contributed by atoms with Crippen LogP contribution in [0.15, 0.2) is 54.0 Å². The second-order valence-corrected chi connectivity index (χ2v) is 10.9. The molecule has 1 aromatic carbocycles. The molecule has 12 heteroatoms. The van der Waals surface area contributed by atoms with Gasteiger partial charge >= 0.3 is 6.55 Å². The first-order valence-corrected chi connectivity index (χ1v) is 13.0. The Morgan fingerprint density at radius 3 is 2.38 bits per heavy atom. The maximum absolute atomic E-state index is 13.3. The monoisotopic (exact) mass is 537 g/mol. The van der Waals surface area contributed by atoms with Gasteiger partial charge in [0.05, 0.1) is 30.2 Å². The molecule has 2 aliphatic rings. The van der Waals surface area contributed by atoms with Gasteiger partial charge in [-0.25, -0.2) is 14.3 Å². The maximum atomic E-state index is 13.3. The van der Waals surface area contributed by atoms with Gasteiger partial charge in [0, 0.05) is 30.3 Å². The average Bonchev–Trinajstić information content (AvgIpc) is 3.58.